The largest absolute Gasteiger partial charge is 0.429 e. The minimum absolute atomic E-state index is 0.0332. The van der Waals surface area contributed by atoms with Crippen LogP contribution in [0, 0.1) is 37.0 Å². The molecule has 2 aromatic carbocycles. The van der Waals surface area contributed by atoms with Crippen molar-refractivity contribution in [1.29, 1.82) is 0 Å². The number of ether oxygens (including phenoxy) is 6. The quantitative estimate of drug-likeness (QED) is 0.0253. The van der Waals surface area contributed by atoms with E-state index in [-0.39, 0.29) is 116 Å². The van der Waals surface area contributed by atoms with Crippen molar-refractivity contribution in [2.24, 2.45) is 0 Å². The second-order valence-electron chi connectivity index (χ2n) is 13.6. The normalized spacial score (nSPS) is 11.1. The molecule has 0 aliphatic heterocycles. The molecule has 2 rings (SSSR count). The first-order valence-corrected chi connectivity index (χ1v) is 24.2. The van der Waals surface area contributed by atoms with Gasteiger partial charge >= 0.3 is 5.77 Å². The van der Waals surface area contributed by atoms with Crippen LogP contribution in [0.3, 0.4) is 0 Å². The summed E-state index contributed by atoms with van der Waals surface area (Å²) in [6, 6.07) is 13.6. The maximum atomic E-state index is 14.1. The maximum Gasteiger partial charge on any atom is 0.353 e. The molecule has 4 amide bonds. The number of amides is 4. The van der Waals surface area contributed by atoms with Gasteiger partial charge in [-0.1, -0.05) is 66.5 Å². The monoisotopic (exact) mass is 930 g/mol. The highest BCUT2D eigenvalue weighted by Crippen LogP contribution is 2.56. The van der Waals surface area contributed by atoms with Gasteiger partial charge in [-0.15, -0.1) is 19.3 Å². The minimum atomic E-state index is -3.34. The van der Waals surface area contributed by atoms with Gasteiger partial charge in [-0.25, -0.2) is 0 Å². The molecular formula is C44H59N4O12PS2. The number of thiol groups is 2. The number of hydrogen-bond donors (Lipinski definition) is 6. The topological polar surface area (TPSA) is 198 Å². The van der Waals surface area contributed by atoms with Crippen LogP contribution < -0.4 is 25.8 Å². The Balaban J connectivity index is 2.23. The molecule has 0 bridgehead atoms. The number of carbonyl (C=O) groups is 4. The Labute approximate surface area is 381 Å². The van der Waals surface area contributed by atoms with Crippen LogP contribution in [-0.2, 0) is 47.4 Å². The summed E-state index contributed by atoms with van der Waals surface area (Å²) < 4.78 is 49.1. The molecule has 0 saturated heterocycles. The number of nitrogens with one attached hydrogen (secondary N) is 4. The highest BCUT2D eigenvalue weighted by molar-refractivity contribution is 8.79. The van der Waals surface area contributed by atoms with E-state index in [4.69, 9.17) is 52.2 Å². The predicted octanol–water partition coefficient (Wildman–Crippen LogP) is 3.86. The van der Waals surface area contributed by atoms with Crippen molar-refractivity contribution in [3.63, 3.8) is 0 Å². The van der Waals surface area contributed by atoms with Crippen LogP contribution in [0.2, 0.25) is 0 Å². The molecule has 0 unspecified atom stereocenters. The van der Waals surface area contributed by atoms with Gasteiger partial charge in [0.05, 0.1) is 59.5 Å². The summed E-state index contributed by atoms with van der Waals surface area (Å²) >= 11 is 7.70. The van der Waals surface area contributed by atoms with E-state index in [0.29, 0.717) is 51.0 Å². The number of benzene rings is 2. The van der Waals surface area contributed by atoms with Crippen molar-refractivity contribution < 1.29 is 56.7 Å². The standard InChI is InChI=1S/C44H59N4O12PS2/c1-4-24-54-30-33-57-27-21-45-40(49)15-18-44(19-16-41(50)46-22-28-58-34-31-55-25-5-2,20-17-42(51)47-23-29-59-35-32-56-26-6-3)48-43(52)38-9-7-36(8-10-38)37-11-13-39(14-12-37)60-61(53,62)63/h1-3,7-14H,15-35H2,(H,45,49)(H,46,50)(H,47,51)(H,48,52)(H2,53,62,63). The fourth-order valence-corrected chi connectivity index (χ4v) is 6.66. The Bertz CT molecular complexity index is 1730. The lowest BCUT2D eigenvalue weighted by Crippen LogP contribution is -2.50. The van der Waals surface area contributed by atoms with Crippen molar-refractivity contribution in [2.75, 3.05) is 98.9 Å². The molecule has 344 valence electrons. The van der Waals surface area contributed by atoms with Gasteiger partial charge in [-0.3, -0.25) is 23.7 Å². The van der Waals surface area contributed by atoms with E-state index in [0.717, 1.165) is 11.1 Å². The van der Waals surface area contributed by atoms with Crippen LogP contribution in [0.1, 0.15) is 48.9 Å². The highest BCUT2D eigenvalue weighted by atomic mass is 33.1. The van der Waals surface area contributed by atoms with Gasteiger partial charge in [0.25, 0.3) is 5.91 Å². The third-order valence-electron chi connectivity index (χ3n) is 8.81. The van der Waals surface area contributed by atoms with Gasteiger partial charge in [0.2, 0.25) is 17.7 Å². The SMILES string of the molecule is C#CCOCCOCCNC(=O)CCC(CCC(=O)NCCOCCOCC#C)(CCC(=O)NCCOCCOCC#C)NC(=O)c1ccc(-c2ccc(OP(=O)(S)S)cc2)cc1. The molecule has 0 atom stereocenters. The van der Waals surface area contributed by atoms with Gasteiger partial charge in [-0.05, 0) is 54.7 Å². The van der Waals surface area contributed by atoms with E-state index in [1.807, 2.05) is 0 Å². The Morgan fingerprint density at radius 3 is 1.24 bits per heavy atom. The summed E-state index contributed by atoms with van der Waals surface area (Å²) in [5.74, 6) is 2.70. The van der Waals surface area contributed by atoms with E-state index in [9.17, 15) is 23.7 Å². The molecule has 63 heavy (non-hydrogen) atoms. The number of hydrogen-bond acceptors (Lipinski definition) is 12. The first kappa shape index (κ1) is 54.6. The molecular weight excluding hydrogens is 872 g/mol. The van der Waals surface area contributed by atoms with Gasteiger partial charge in [-0.2, -0.15) is 0 Å². The van der Waals surface area contributed by atoms with Crippen LogP contribution in [0.25, 0.3) is 11.1 Å². The first-order chi connectivity index (χ1) is 30.4. The first-order valence-electron chi connectivity index (χ1n) is 20.3. The van der Waals surface area contributed by atoms with E-state index >= 15 is 0 Å². The third-order valence-corrected chi connectivity index (χ3v) is 9.75. The average molecular weight is 931 g/mol. The molecule has 0 saturated carbocycles. The lowest BCUT2D eigenvalue weighted by atomic mass is 9.82. The molecule has 0 aliphatic carbocycles. The Morgan fingerprint density at radius 1 is 0.540 bits per heavy atom. The number of terminal acetylenes is 3. The fraction of sp³-hybridized carbons (Fsp3) is 0.500. The Hall–Kier alpha value is -4.51. The van der Waals surface area contributed by atoms with E-state index < -0.39 is 17.2 Å². The minimum Gasteiger partial charge on any atom is -0.429 e. The predicted molar refractivity (Wildman–Crippen MR) is 246 cm³/mol. The number of rotatable bonds is 35. The summed E-state index contributed by atoms with van der Waals surface area (Å²) in [6.07, 6.45) is 15.7. The van der Waals surface area contributed by atoms with Gasteiger partial charge in [0.15, 0.2) is 0 Å². The van der Waals surface area contributed by atoms with E-state index in [1.54, 1.807) is 48.5 Å². The zero-order chi connectivity index (χ0) is 46.0. The van der Waals surface area contributed by atoms with Crippen molar-refractivity contribution in [3.8, 4) is 53.9 Å². The smallest absolute Gasteiger partial charge is 0.353 e. The molecule has 0 aromatic heterocycles. The summed E-state index contributed by atoms with van der Waals surface area (Å²) in [4.78, 5) is 53.5. The lowest BCUT2D eigenvalue weighted by Gasteiger charge is -2.35. The van der Waals surface area contributed by atoms with Crippen LogP contribution >= 0.6 is 30.3 Å². The Kier molecular flexibility index (Phi) is 28.7. The summed E-state index contributed by atoms with van der Waals surface area (Å²) in [7, 11) is 0. The van der Waals surface area contributed by atoms with Crippen LogP contribution in [0.4, 0.5) is 0 Å². The van der Waals surface area contributed by atoms with Crippen molar-refractivity contribution in [3.05, 3.63) is 54.1 Å². The zero-order valence-electron chi connectivity index (χ0n) is 35.4. The maximum absolute atomic E-state index is 14.1. The van der Waals surface area contributed by atoms with Crippen molar-refractivity contribution in [1.82, 2.24) is 21.3 Å². The van der Waals surface area contributed by atoms with E-state index in [2.05, 4.69) is 63.5 Å². The second kappa shape index (κ2) is 33.1. The van der Waals surface area contributed by atoms with Gasteiger partial charge < -0.3 is 54.2 Å². The van der Waals surface area contributed by atoms with Gasteiger partial charge in [0.1, 0.15) is 25.6 Å². The molecule has 0 radical (unpaired) electrons. The highest BCUT2D eigenvalue weighted by Gasteiger charge is 2.34. The van der Waals surface area contributed by atoms with Gasteiger partial charge in [0, 0.05) is 50.0 Å². The summed E-state index contributed by atoms with van der Waals surface area (Å²) in [5, 5.41) is 11.6. The zero-order valence-corrected chi connectivity index (χ0v) is 38.1. The van der Waals surface area contributed by atoms with Crippen LogP contribution in [0.5, 0.6) is 5.75 Å². The summed E-state index contributed by atoms with van der Waals surface area (Å²) in [6.45, 7) is 3.75. The molecule has 0 heterocycles. The van der Waals surface area contributed by atoms with E-state index in [1.165, 1.54) is 0 Å². The summed E-state index contributed by atoms with van der Waals surface area (Å²) in [5.41, 5.74) is 0.708. The molecule has 19 heteroatoms. The molecule has 0 fully saturated rings. The molecule has 0 aliphatic rings. The van der Waals surface area contributed by atoms with Crippen LogP contribution in [0.15, 0.2) is 48.5 Å². The van der Waals surface area contributed by atoms with Crippen LogP contribution in [-0.4, -0.2) is 128 Å². The Morgan fingerprint density at radius 2 is 0.889 bits per heavy atom. The van der Waals surface area contributed by atoms with Crippen molar-refractivity contribution >= 4 is 53.9 Å². The lowest BCUT2D eigenvalue weighted by molar-refractivity contribution is -0.121. The number of carbonyl (C=O) groups excluding carboxylic acids is 4. The third kappa shape index (κ3) is 26.7. The molecule has 2 aromatic rings. The fourth-order valence-electron chi connectivity index (χ4n) is 5.70. The second-order valence-corrected chi connectivity index (χ2v) is 18.8. The molecule has 4 N–H and O–H groups in total. The van der Waals surface area contributed by atoms with Crippen molar-refractivity contribution in [2.45, 2.75) is 44.1 Å². The molecule has 16 nitrogen and oxygen atoms in total. The molecule has 0 spiro atoms. The average Bonchev–Trinajstić information content (AvgIpc) is 3.26.